The lowest BCUT2D eigenvalue weighted by Crippen LogP contribution is -2.64. The number of benzene rings is 2. The number of fused-ring (bicyclic) bond motifs is 1. The smallest absolute Gasteiger partial charge is 0.328 e. The molecule has 3 fully saturated rings. The molecule has 2 heterocycles. The van der Waals surface area contributed by atoms with Gasteiger partial charge in [0, 0.05) is 51.0 Å². The Morgan fingerprint density at radius 2 is 1.78 bits per heavy atom. The van der Waals surface area contributed by atoms with Crippen LogP contribution in [0.5, 0.6) is 11.6 Å². The summed E-state index contributed by atoms with van der Waals surface area (Å²) >= 11 is 6.35. The number of urea groups is 1. The van der Waals surface area contributed by atoms with Gasteiger partial charge in [-0.3, -0.25) is 19.1 Å². The highest BCUT2D eigenvalue weighted by molar-refractivity contribution is 7.91. The van der Waals surface area contributed by atoms with E-state index >= 15 is 9.59 Å². The summed E-state index contributed by atoms with van der Waals surface area (Å²) in [7, 11) is -2.53. The molecule has 3 N–H and O–H groups in total. The summed E-state index contributed by atoms with van der Waals surface area (Å²) in [5.74, 6) is -1.95. The zero-order chi connectivity index (χ0) is 42.5. The minimum atomic E-state index is -4.06. The Balaban J connectivity index is 1.36. The van der Waals surface area contributed by atoms with Crippen LogP contribution >= 0.6 is 11.6 Å². The standard InChI is InChI=1S/C42H53ClN6O8S/c1-10-26-21-42(26,38(52)47-58(54,55)30-15-16-30)49(37(51)34(40(3,4)5)45-28-13-11-12-25(19-28)35(50)46-41(6,7)8)39(53)48-23-29(18-24(48)2)57-36-32-20-27(43)14-17-31(32)33(56-9)22-44-36/h10-14,17,19-20,22,24,26,29-30,34,45H,1,15-16,18,21,23H2,2-9H3,(H,46,50)(H,47,52)/t24?,26-,29-,34+,42-/m1/s1. The van der Waals surface area contributed by atoms with Crippen molar-refractivity contribution in [2.75, 3.05) is 19.0 Å². The Hall–Kier alpha value is -4.89. The summed E-state index contributed by atoms with van der Waals surface area (Å²) in [5, 5.41) is 7.28. The Bertz CT molecular complexity index is 2250. The van der Waals surface area contributed by atoms with Crippen molar-refractivity contribution >= 4 is 61.8 Å². The Kier molecular flexibility index (Phi) is 11.6. The zero-order valence-corrected chi connectivity index (χ0v) is 35.8. The molecular formula is C42H53ClN6O8S. The third kappa shape index (κ3) is 8.75. The Morgan fingerprint density at radius 1 is 1.07 bits per heavy atom. The normalized spacial score (nSPS) is 22.4. The summed E-state index contributed by atoms with van der Waals surface area (Å²) in [6.07, 6.45) is 3.58. The van der Waals surface area contributed by atoms with Crippen molar-refractivity contribution in [3.05, 3.63) is 71.9 Å². The SMILES string of the molecule is C=C[C@@H]1C[C@@]1(C(=O)NS(=O)(=O)C1CC1)N(C(=O)[C@H](Nc1cccc(C(=O)NC(C)(C)C)c1)C(C)(C)C)C(=O)N1C[C@H](Oc2ncc(OC)c3ccc(Cl)cc23)CC1C. The maximum absolute atomic E-state index is 15.3. The van der Waals surface area contributed by atoms with Gasteiger partial charge in [0.05, 0.1) is 25.1 Å². The number of sulfonamides is 1. The van der Waals surface area contributed by atoms with E-state index in [1.165, 1.54) is 18.1 Å². The maximum Gasteiger partial charge on any atom is 0.328 e. The fourth-order valence-corrected chi connectivity index (χ4v) is 8.99. The average Bonchev–Trinajstić information content (AvgIpc) is 4.07. The first kappa shape index (κ1) is 42.7. The Morgan fingerprint density at radius 3 is 2.38 bits per heavy atom. The summed E-state index contributed by atoms with van der Waals surface area (Å²) in [6.45, 7) is 16.8. The topological polar surface area (TPSA) is 176 Å². The lowest BCUT2D eigenvalue weighted by Gasteiger charge is -2.40. The molecule has 5 atom stereocenters. The lowest BCUT2D eigenvalue weighted by atomic mass is 9.85. The molecule has 3 aliphatic rings. The van der Waals surface area contributed by atoms with Crippen molar-refractivity contribution in [3.63, 3.8) is 0 Å². The van der Waals surface area contributed by atoms with Crippen LogP contribution in [0.3, 0.4) is 0 Å². The molecule has 1 saturated heterocycles. The number of likely N-dealkylation sites (tertiary alicyclic amines) is 1. The van der Waals surface area contributed by atoms with E-state index in [-0.39, 0.29) is 24.8 Å². The van der Waals surface area contributed by atoms with Crippen LogP contribution in [0.25, 0.3) is 10.8 Å². The van der Waals surface area contributed by atoms with Crippen LogP contribution < -0.4 is 24.8 Å². The van der Waals surface area contributed by atoms with Gasteiger partial charge in [-0.15, -0.1) is 6.58 Å². The number of nitrogens with one attached hydrogen (secondary N) is 3. The highest BCUT2D eigenvalue weighted by Crippen LogP contribution is 2.52. The van der Waals surface area contributed by atoms with Crippen LogP contribution in [0.4, 0.5) is 10.5 Å². The summed E-state index contributed by atoms with van der Waals surface area (Å²) in [5.41, 5.74) is -2.49. The van der Waals surface area contributed by atoms with Gasteiger partial charge in [0.15, 0.2) is 0 Å². The fourth-order valence-electron chi connectivity index (χ4n) is 7.46. The van der Waals surface area contributed by atoms with Gasteiger partial charge in [-0.1, -0.05) is 44.5 Å². The second kappa shape index (κ2) is 15.7. The molecule has 6 rings (SSSR count). The predicted molar refractivity (Wildman–Crippen MR) is 222 cm³/mol. The van der Waals surface area contributed by atoms with E-state index in [1.807, 2.05) is 48.5 Å². The molecule has 16 heteroatoms. The summed E-state index contributed by atoms with van der Waals surface area (Å²) in [4.78, 5) is 64.8. The second-order valence-electron chi connectivity index (χ2n) is 17.6. The van der Waals surface area contributed by atoms with E-state index < -0.39 is 73.7 Å². The number of carbonyl (C=O) groups excluding carboxylic acids is 4. The van der Waals surface area contributed by atoms with E-state index in [9.17, 15) is 18.0 Å². The molecule has 2 saturated carbocycles. The molecule has 5 amide bonds. The molecule has 312 valence electrons. The van der Waals surface area contributed by atoms with Gasteiger partial charge in [0.2, 0.25) is 15.9 Å². The number of imide groups is 1. The first-order valence-electron chi connectivity index (χ1n) is 19.4. The molecular weight excluding hydrogens is 784 g/mol. The van der Waals surface area contributed by atoms with Crippen LogP contribution in [-0.2, 0) is 19.6 Å². The number of rotatable bonds is 12. The molecule has 1 aliphatic heterocycles. The van der Waals surface area contributed by atoms with Gasteiger partial charge in [-0.25, -0.2) is 23.1 Å². The number of pyridine rings is 1. The van der Waals surface area contributed by atoms with Gasteiger partial charge in [0.1, 0.15) is 23.4 Å². The molecule has 3 aromatic rings. The number of nitrogens with zero attached hydrogens (tertiary/aromatic N) is 3. The molecule has 2 aromatic carbocycles. The van der Waals surface area contributed by atoms with E-state index in [0.717, 1.165) is 10.3 Å². The first-order chi connectivity index (χ1) is 27.1. The van der Waals surface area contributed by atoms with Crippen molar-refractivity contribution in [1.82, 2.24) is 24.8 Å². The highest BCUT2D eigenvalue weighted by Gasteiger charge is 2.68. The van der Waals surface area contributed by atoms with Crippen molar-refractivity contribution in [2.45, 2.75) is 109 Å². The number of halogens is 1. The molecule has 14 nitrogen and oxygen atoms in total. The first-order valence-corrected chi connectivity index (χ1v) is 21.3. The van der Waals surface area contributed by atoms with Gasteiger partial charge in [-0.05, 0) is 88.8 Å². The maximum atomic E-state index is 15.3. The lowest BCUT2D eigenvalue weighted by molar-refractivity contribution is -0.141. The molecule has 0 radical (unpaired) electrons. The average molecular weight is 837 g/mol. The van der Waals surface area contributed by atoms with Crippen LogP contribution in [0.1, 0.15) is 84.5 Å². The van der Waals surface area contributed by atoms with Gasteiger partial charge in [-0.2, -0.15) is 0 Å². The second-order valence-corrected chi connectivity index (χ2v) is 20.0. The summed E-state index contributed by atoms with van der Waals surface area (Å²) in [6, 6.07) is 9.51. The third-order valence-electron chi connectivity index (χ3n) is 10.8. The van der Waals surface area contributed by atoms with Crippen molar-refractivity contribution in [2.24, 2.45) is 11.3 Å². The van der Waals surface area contributed by atoms with Gasteiger partial charge in [0.25, 0.3) is 17.7 Å². The highest BCUT2D eigenvalue weighted by atomic mass is 35.5. The van der Waals surface area contributed by atoms with Gasteiger partial charge < -0.3 is 25.0 Å². The van der Waals surface area contributed by atoms with Crippen LogP contribution in [0, 0.1) is 11.3 Å². The Labute approximate surface area is 345 Å². The van der Waals surface area contributed by atoms with E-state index in [1.54, 1.807) is 48.7 Å². The summed E-state index contributed by atoms with van der Waals surface area (Å²) < 4.78 is 40.5. The molecule has 2 aliphatic carbocycles. The van der Waals surface area contributed by atoms with E-state index in [4.69, 9.17) is 21.1 Å². The number of methoxy groups -OCH3 is 1. The van der Waals surface area contributed by atoms with Crippen LogP contribution in [-0.4, -0.2) is 95.1 Å². The van der Waals surface area contributed by atoms with Crippen molar-refractivity contribution in [1.29, 1.82) is 0 Å². The molecule has 1 unspecified atom stereocenters. The third-order valence-corrected chi connectivity index (χ3v) is 12.8. The van der Waals surface area contributed by atoms with Crippen LogP contribution in [0.2, 0.25) is 5.02 Å². The molecule has 1 aromatic heterocycles. The van der Waals surface area contributed by atoms with Crippen LogP contribution in [0.15, 0.2) is 61.3 Å². The number of hydrogen-bond donors (Lipinski definition) is 3. The largest absolute Gasteiger partial charge is 0.494 e. The zero-order valence-electron chi connectivity index (χ0n) is 34.2. The minimum absolute atomic E-state index is 0.0227. The number of ether oxygens (including phenoxy) is 2. The fraction of sp³-hybridized carbons (Fsp3) is 0.500. The van der Waals surface area contributed by atoms with E-state index in [2.05, 4.69) is 26.9 Å². The molecule has 0 spiro atoms. The van der Waals surface area contributed by atoms with Crippen molar-refractivity contribution < 1.29 is 37.1 Å². The number of amides is 5. The number of hydrogen-bond acceptors (Lipinski definition) is 10. The predicted octanol–water partition coefficient (Wildman–Crippen LogP) is 6.30. The number of anilines is 1. The van der Waals surface area contributed by atoms with Crippen molar-refractivity contribution in [3.8, 4) is 11.6 Å². The molecule has 0 bridgehead atoms. The number of aromatic nitrogens is 1. The number of carbonyl (C=O) groups is 4. The quantitative estimate of drug-likeness (QED) is 0.176. The molecule has 58 heavy (non-hydrogen) atoms. The van der Waals surface area contributed by atoms with Gasteiger partial charge >= 0.3 is 6.03 Å². The van der Waals surface area contributed by atoms with E-state index in [0.29, 0.717) is 46.7 Å². The minimum Gasteiger partial charge on any atom is -0.494 e. The monoisotopic (exact) mass is 836 g/mol.